The third kappa shape index (κ3) is 5.27. The molecule has 0 bridgehead atoms. The lowest BCUT2D eigenvalue weighted by molar-refractivity contribution is -0.137. The fourth-order valence-electron chi connectivity index (χ4n) is 2.50. The Bertz CT molecular complexity index is 653. The molecule has 2 heterocycles. The fraction of sp³-hybridized carbons (Fsp3) is 0.500. The summed E-state index contributed by atoms with van der Waals surface area (Å²) in [5.74, 6) is 0.620. The summed E-state index contributed by atoms with van der Waals surface area (Å²) < 4.78 is 39.4. The van der Waals surface area contributed by atoms with Crippen molar-refractivity contribution in [3.05, 3.63) is 35.7 Å². The van der Waals surface area contributed by atoms with Crippen molar-refractivity contribution in [1.29, 1.82) is 0 Å². The monoisotopic (exact) mass is 398 g/mol. The van der Waals surface area contributed by atoms with E-state index < -0.39 is 11.7 Å². The van der Waals surface area contributed by atoms with E-state index in [0.29, 0.717) is 18.1 Å². The van der Waals surface area contributed by atoms with Crippen molar-refractivity contribution >= 4 is 24.8 Å². The van der Waals surface area contributed by atoms with Crippen LogP contribution in [0.15, 0.2) is 24.3 Å². The summed E-state index contributed by atoms with van der Waals surface area (Å²) in [6, 6.07) is 4.84. The highest BCUT2D eigenvalue weighted by molar-refractivity contribution is 5.85. The molecule has 0 amide bonds. The van der Waals surface area contributed by atoms with E-state index >= 15 is 0 Å². The van der Waals surface area contributed by atoms with E-state index in [4.69, 9.17) is 0 Å². The maximum absolute atomic E-state index is 12.6. The fourth-order valence-corrected chi connectivity index (χ4v) is 2.50. The van der Waals surface area contributed by atoms with E-state index in [1.165, 1.54) is 16.8 Å². The highest BCUT2D eigenvalue weighted by atomic mass is 35.5. The molecule has 1 aliphatic rings. The van der Waals surface area contributed by atoms with Gasteiger partial charge in [-0.1, -0.05) is 0 Å². The van der Waals surface area contributed by atoms with Gasteiger partial charge in [-0.15, -0.1) is 29.9 Å². The second kappa shape index (κ2) is 8.79. The standard InChI is InChI=1S/C14H17F3N6.2ClH/c1-21-6-8-22(9-7-21)10-13-18-19-20-23(13)12-4-2-11(3-5-12)14(15,16)17;;/h2-5H,6-10H2,1H3;2*1H. The zero-order valence-corrected chi connectivity index (χ0v) is 15.1. The summed E-state index contributed by atoms with van der Waals surface area (Å²) in [4.78, 5) is 4.47. The second-order valence-electron chi connectivity index (χ2n) is 5.63. The summed E-state index contributed by atoms with van der Waals surface area (Å²) >= 11 is 0. The molecular weight excluding hydrogens is 380 g/mol. The number of hydrogen-bond donors (Lipinski definition) is 0. The van der Waals surface area contributed by atoms with E-state index in [2.05, 4.69) is 32.4 Å². The Kier molecular flexibility index (Phi) is 7.61. The topological polar surface area (TPSA) is 50.1 Å². The van der Waals surface area contributed by atoms with Crippen LogP contribution in [-0.2, 0) is 12.7 Å². The Labute approximate surface area is 155 Å². The minimum absolute atomic E-state index is 0. The minimum atomic E-state index is -4.35. The molecule has 0 saturated carbocycles. The molecule has 1 saturated heterocycles. The molecule has 140 valence electrons. The Hall–Kier alpha value is -1.42. The third-order valence-electron chi connectivity index (χ3n) is 3.93. The number of aromatic nitrogens is 4. The number of rotatable bonds is 3. The van der Waals surface area contributed by atoms with Crippen molar-refractivity contribution in [2.45, 2.75) is 12.7 Å². The number of hydrogen-bond acceptors (Lipinski definition) is 5. The predicted octanol–water partition coefficient (Wildman–Crippen LogP) is 2.27. The van der Waals surface area contributed by atoms with Gasteiger partial charge in [0.1, 0.15) is 0 Å². The molecule has 1 aliphatic heterocycles. The van der Waals surface area contributed by atoms with Crippen LogP contribution in [0, 0.1) is 0 Å². The van der Waals surface area contributed by atoms with Crippen LogP contribution >= 0.6 is 24.8 Å². The summed E-state index contributed by atoms with van der Waals surface area (Å²) in [6.07, 6.45) is -4.35. The van der Waals surface area contributed by atoms with Gasteiger partial charge in [0.25, 0.3) is 0 Å². The molecule has 0 atom stereocenters. The van der Waals surface area contributed by atoms with E-state index in [1.807, 2.05) is 0 Å². The van der Waals surface area contributed by atoms with Gasteiger partial charge < -0.3 is 4.90 Å². The molecule has 0 radical (unpaired) electrons. The van der Waals surface area contributed by atoms with Gasteiger partial charge in [0, 0.05) is 26.2 Å². The lowest BCUT2D eigenvalue weighted by atomic mass is 10.2. The number of tetrazole rings is 1. The van der Waals surface area contributed by atoms with Crippen molar-refractivity contribution < 1.29 is 13.2 Å². The first-order valence-corrected chi connectivity index (χ1v) is 7.29. The van der Waals surface area contributed by atoms with Crippen LogP contribution in [-0.4, -0.2) is 63.2 Å². The highest BCUT2D eigenvalue weighted by Crippen LogP contribution is 2.29. The molecule has 0 aliphatic carbocycles. The van der Waals surface area contributed by atoms with E-state index in [0.717, 1.165) is 38.3 Å². The smallest absolute Gasteiger partial charge is 0.304 e. The molecule has 0 unspecified atom stereocenters. The zero-order valence-electron chi connectivity index (χ0n) is 13.5. The largest absolute Gasteiger partial charge is 0.416 e. The predicted molar refractivity (Wildman–Crippen MR) is 91.4 cm³/mol. The van der Waals surface area contributed by atoms with Gasteiger partial charge >= 0.3 is 6.18 Å². The van der Waals surface area contributed by atoms with E-state index in [9.17, 15) is 13.2 Å². The maximum atomic E-state index is 12.6. The maximum Gasteiger partial charge on any atom is 0.416 e. The molecule has 1 aromatic heterocycles. The van der Waals surface area contributed by atoms with Crippen molar-refractivity contribution in [2.24, 2.45) is 0 Å². The average molecular weight is 399 g/mol. The SMILES string of the molecule is CN1CCN(Cc2nnnn2-c2ccc(C(F)(F)F)cc2)CC1.Cl.Cl. The first-order chi connectivity index (χ1) is 10.9. The van der Waals surface area contributed by atoms with Gasteiger partial charge in [-0.05, 0) is 41.7 Å². The van der Waals surface area contributed by atoms with Crippen molar-refractivity contribution in [1.82, 2.24) is 30.0 Å². The Balaban J connectivity index is 0.00000156. The number of halogens is 5. The molecule has 1 fully saturated rings. The van der Waals surface area contributed by atoms with Crippen molar-refractivity contribution in [3.8, 4) is 5.69 Å². The first-order valence-electron chi connectivity index (χ1n) is 7.29. The lowest BCUT2D eigenvalue weighted by Crippen LogP contribution is -2.44. The van der Waals surface area contributed by atoms with Crippen LogP contribution in [0.1, 0.15) is 11.4 Å². The molecule has 25 heavy (non-hydrogen) atoms. The van der Waals surface area contributed by atoms with Crippen LogP contribution in [0.4, 0.5) is 13.2 Å². The zero-order chi connectivity index (χ0) is 16.4. The molecule has 6 nitrogen and oxygen atoms in total. The number of likely N-dealkylation sites (N-methyl/N-ethyl adjacent to an activating group) is 1. The molecule has 3 rings (SSSR count). The molecule has 2 aromatic rings. The van der Waals surface area contributed by atoms with Crippen LogP contribution < -0.4 is 0 Å². The third-order valence-corrected chi connectivity index (χ3v) is 3.93. The van der Waals surface area contributed by atoms with Gasteiger partial charge in [0.05, 0.1) is 17.8 Å². The highest BCUT2D eigenvalue weighted by Gasteiger charge is 2.30. The van der Waals surface area contributed by atoms with Gasteiger partial charge in [0.15, 0.2) is 5.82 Å². The Morgan fingerprint density at radius 3 is 2.16 bits per heavy atom. The molecular formula is C14H19Cl2F3N6. The van der Waals surface area contributed by atoms with Crippen molar-refractivity contribution in [3.63, 3.8) is 0 Å². The van der Waals surface area contributed by atoms with Gasteiger partial charge in [-0.2, -0.15) is 17.9 Å². The molecule has 0 N–H and O–H groups in total. The summed E-state index contributed by atoms with van der Waals surface area (Å²) in [5.41, 5.74) is -0.165. The number of benzene rings is 1. The average Bonchev–Trinajstić information content (AvgIpc) is 2.97. The van der Waals surface area contributed by atoms with Crippen LogP contribution in [0.5, 0.6) is 0 Å². The van der Waals surface area contributed by atoms with Gasteiger partial charge in [-0.3, -0.25) is 4.90 Å². The number of nitrogens with zero attached hydrogens (tertiary/aromatic N) is 6. The summed E-state index contributed by atoms with van der Waals surface area (Å²) in [7, 11) is 2.07. The van der Waals surface area contributed by atoms with Gasteiger partial charge in [-0.25, -0.2) is 0 Å². The van der Waals surface area contributed by atoms with Crippen LogP contribution in [0.3, 0.4) is 0 Å². The van der Waals surface area contributed by atoms with Crippen LogP contribution in [0.25, 0.3) is 5.69 Å². The quantitative estimate of drug-likeness (QED) is 0.793. The molecule has 11 heteroatoms. The number of piperazine rings is 1. The normalized spacial score (nSPS) is 16.2. The minimum Gasteiger partial charge on any atom is -0.304 e. The second-order valence-corrected chi connectivity index (χ2v) is 5.63. The Morgan fingerprint density at radius 1 is 1.00 bits per heavy atom. The summed E-state index contributed by atoms with van der Waals surface area (Å²) in [5, 5.41) is 11.6. The van der Waals surface area contributed by atoms with Crippen LogP contribution in [0.2, 0.25) is 0 Å². The summed E-state index contributed by atoms with van der Waals surface area (Å²) in [6.45, 7) is 4.35. The van der Waals surface area contributed by atoms with Crippen molar-refractivity contribution in [2.75, 3.05) is 33.2 Å². The first kappa shape index (κ1) is 21.6. The lowest BCUT2D eigenvalue weighted by Gasteiger charge is -2.31. The number of alkyl halides is 3. The Morgan fingerprint density at radius 2 is 1.60 bits per heavy atom. The van der Waals surface area contributed by atoms with Gasteiger partial charge in [0.2, 0.25) is 0 Å². The van der Waals surface area contributed by atoms with E-state index in [-0.39, 0.29) is 24.8 Å². The van der Waals surface area contributed by atoms with E-state index in [1.54, 1.807) is 0 Å². The molecule has 0 spiro atoms. The molecule has 1 aromatic carbocycles.